The summed E-state index contributed by atoms with van der Waals surface area (Å²) in [6.45, 7) is 0. The van der Waals surface area contributed by atoms with Crippen LogP contribution in [-0.2, 0) is 21.7 Å². The third-order valence-corrected chi connectivity index (χ3v) is 0. The second kappa shape index (κ2) is 65.4. The van der Waals surface area contributed by atoms with E-state index in [1.807, 2.05) is 0 Å². The maximum atomic E-state index is 0. The Hall–Kier alpha value is 1.93. The van der Waals surface area contributed by atoms with Crippen LogP contribution in [0.15, 0.2) is 0 Å². The molecule has 0 atom stereocenters. The van der Waals surface area contributed by atoms with Crippen molar-refractivity contribution in [2.75, 3.05) is 0 Å². The van der Waals surface area contributed by atoms with E-state index in [9.17, 15) is 0 Å². The van der Waals surface area contributed by atoms with Gasteiger partial charge in [0.1, 0.15) is 0 Å². The van der Waals surface area contributed by atoms with Gasteiger partial charge in [0.2, 0.25) is 0 Å². The van der Waals surface area contributed by atoms with Crippen LogP contribution in [0.1, 0.15) is 0 Å². The predicted molar refractivity (Wildman–Crippen MR) is 11.1 cm³/mol. The first-order valence-electron chi connectivity index (χ1n) is 0. The molecule has 6 heavy (non-hydrogen) atoms. The van der Waals surface area contributed by atoms with Crippen LogP contribution in [0.5, 0.6) is 0 Å². The molecule has 6 heteroatoms. The summed E-state index contributed by atoms with van der Waals surface area (Å²) in [4.78, 5) is 0. The minimum Gasteiger partial charge on any atom is -0.870 e. The van der Waals surface area contributed by atoms with Crippen LogP contribution >= 0.6 is 0 Å². The Morgan fingerprint density at radius 2 is 0.667 bits per heavy atom. The third-order valence-electron chi connectivity index (χ3n) is 0. The van der Waals surface area contributed by atoms with E-state index in [0.717, 1.165) is 0 Å². The first-order chi connectivity index (χ1) is 0. The maximum absolute atomic E-state index is 0. The van der Waals surface area contributed by atoms with E-state index in [1.165, 1.54) is 0 Å². The minimum absolute atomic E-state index is 0. The van der Waals surface area contributed by atoms with Gasteiger partial charge in [-0.15, -0.1) is 0 Å². The van der Waals surface area contributed by atoms with Crippen LogP contribution in [0.3, 0.4) is 0 Å². The molecule has 6 N–H and O–H groups in total. The van der Waals surface area contributed by atoms with Gasteiger partial charge in [0.25, 0.3) is 0 Å². The summed E-state index contributed by atoms with van der Waals surface area (Å²) in [6, 6.07) is 0. The van der Waals surface area contributed by atoms with Crippen molar-refractivity contribution in [3.63, 3.8) is 0 Å². The molecule has 0 saturated heterocycles. The first-order valence-corrected chi connectivity index (χ1v) is 0. The number of hydrogen-bond donors (Lipinski definition) is 0. The Balaban J connectivity index is 0. The van der Waals surface area contributed by atoms with E-state index in [0.29, 0.717) is 0 Å². The largest absolute Gasteiger partial charge is 2.00 e. The van der Waals surface area contributed by atoms with Gasteiger partial charge in [-0.3, -0.25) is 0 Å². The van der Waals surface area contributed by atoms with Gasteiger partial charge in [0, 0.05) is 41.7 Å². The van der Waals surface area contributed by atoms with Crippen molar-refractivity contribution in [2.24, 2.45) is 0 Å². The van der Waals surface area contributed by atoms with E-state index in [-0.39, 0.29) is 85.4 Å². The zero-order valence-corrected chi connectivity index (χ0v) is 7.60. The van der Waals surface area contributed by atoms with E-state index in [2.05, 4.69) is 0 Å². The molecule has 0 radical (unpaired) electrons. The molecule has 4 nitrogen and oxygen atoms in total. The zero-order chi connectivity index (χ0) is 0. The summed E-state index contributed by atoms with van der Waals surface area (Å²) >= 11 is 0. The molecule has 0 unspecified atom stereocenters. The molecule has 0 aromatic carbocycles. The summed E-state index contributed by atoms with van der Waals surface area (Å²) in [5.74, 6) is 0. The Labute approximate surface area is 84.2 Å². The molecule has 0 amide bonds. The van der Waals surface area contributed by atoms with Crippen molar-refractivity contribution in [2.45, 2.75) is 0 Å². The monoisotopic (exact) mass is 258 g/mol. The van der Waals surface area contributed by atoms with Crippen LogP contribution in [0.2, 0.25) is 0 Å². The summed E-state index contributed by atoms with van der Waals surface area (Å²) in [7, 11) is 0. The molecule has 0 saturated carbocycles. The predicted octanol–water partition coefficient (Wildman–Crippen LogP) is -2.01. The molecule has 0 aliphatic carbocycles. The molecule has 0 aromatic heterocycles. The van der Waals surface area contributed by atoms with Crippen LogP contribution in [0.25, 0.3) is 0 Å². The fourth-order valence-electron chi connectivity index (χ4n) is 0. The van der Waals surface area contributed by atoms with E-state index >= 15 is 0 Å². The molecular weight excluding hydrogens is 252 g/mol. The molecule has 0 spiro atoms. The van der Waals surface area contributed by atoms with E-state index < -0.39 is 0 Å². The third kappa shape index (κ3) is 38.7. The maximum Gasteiger partial charge on any atom is 2.00 e. The van der Waals surface area contributed by atoms with Crippen molar-refractivity contribution in [3.05, 3.63) is 0 Å². The SMILES string of the molecule is O.O.[Ce].[OH-].[OH-].[Ti+2]. The summed E-state index contributed by atoms with van der Waals surface area (Å²) in [6.07, 6.45) is 0. The smallest absolute Gasteiger partial charge is 0.870 e. The average Bonchev–Trinajstić information content (AvgIpc) is 0. The summed E-state index contributed by atoms with van der Waals surface area (Å²) in [5.41, 5.74) is 0. The van der Waals surface area contributed by atoms with Gasteiger partial charge in [-0.1, -0.05) is 0 Å². The Morgan fingerprint density at radius 1 is 0.667 bits per heavy atom. The molecular formula is H6CeO4Ti. The second-order valence-corrected chi connectivity index (χ2v) is 0. The number of rotatable bonds is 0. The molecule has 0 heterocycles. The minimum atomic E-state index is 0. The fraction of sp³-hybridized carbons (Fsp3) is 0. The molecule has 0 aliphatic heterocycles. The topological polar surface area (TPSA) is 123 Å². The standard InChI is InChI=1S/Ce.4H2O.Ti/h;4*1H2;/q;;;;;+2/p-2. The Kier molecular flexibility index (Phi) is 1110. The Morgan fingerprint density at radius 3 is 0.667 bits per heavy atom. The molecule has 0 rings (SSSR count). The molecule has 38 valence electrons. The van der Waals surface area contributed by atoms with Gasteiger partial charge < -0.3 is 21.9 Å². The average molecular weight is 258 g/mol. The van der Waals surface area contributed by atoms with Gasteiger partial charge in [-0.25, -0.2) is 0 Å². The number of hydrogen-bond acceptors (Lipinski definition) is 2. The van der Waals surface area contributed by atoms with Gasteiger partial charge >= 0.3 is 21.7 Å². The van der Waals surface area contributed by atoms with E-state index in [1.54, 1.807) is 0 Å². The van der Waals surface area contributed by atoms with Gasteiger partial charge in [-0.2, -0.15) is 0 Å². The van der Waals surface area contributed by atoms with Crippen LogP contribution in [0, 0.1) is 41.7 Å². The Bertz CT molecular complexity index is 7.51. The van der Waals surface area contributed by atoms with E-state index in [4.69, 9.17) is 0 Å². The van der Waals surface area contributed by atoms with Crippen LogP contribution in [0.4, 0.5) is 0 Å². The van der Waals surface area contributed by atoms with Gasteiger partial charge in [0.15, 0.2) is 0 Å². The fourth-order valence-corrected chi connectivity index (χ4v) is 0. The van der Waals surface area contributed by atoms with Gasteiger partial charge in [0.05, 0.1) is 0 Å². The second-order valence-electron chi connectivity index (χ2n) is 0. The summed E-state index contributed by atoms with van der Waals surface area (Å²) in [5, 5.41) is 0. The van der Waals surface area contributed by atoms with Gasteiger partial charge in [-0.05, 0) is 0 Å². The normalized spacial score (nSPS) is 0. The zero-order valence-electron chi connectivity index (χ0n) is 2.89. The van der Waals surface area contributed by atoms with Crippen molar-refractivity contribution in [3.8, 4) is 0 Å². The molecule has 0 fully saturated rings. The van der Waals surface area contributed by atoms with Crippen molar-refractivity contribution in [1.29, 1.82) is 0 Å². The molecule has 0 bridgehead atoms. The van der Waals surface area contributed by atoms with Crippen LogP contribution < -0.4 is 0 Å². The first kappa shape index (κ1) is 102. The van der Waals surface area contributed by atoms with Crippen molar-refractivity contribution < 1.29 is 85.4 Å². The molecule has 0 aliphatic rings. The van der Waals surface area contributed by atoms with Crippen molar-refractivity contribution >= 4 is 0 Å². The van der Waals surface area contributed by atoms with Crippen LogP contribution in [-0.4, -0.2) is 21.9 Å². The molecule has 0 aromatic rings. The summed E-state index contributed by atoms with van der Waals surface area (Å²) < 4.78 is 0. The van der Waals surface area contributed by atoms with Crippen molar-refractivity contribution in [1.82, 2.24) is 0 Å². The quantitative estimate of drug-likeness (QED) is 0.466.